The number of rotatable bonds is 4. The van der Waals surface area contributed by atoms with Crippen molar-refractivity contribution in [1.29, 1.82) is 0 Å². The van der Waals surface area contributed by atoms with Crippen LogP contribution in [0.4, 0.5) is 0 Å². The number of nitrogens with one attached hydrogen (secondary N) is 1. The zero-order chi connectivity index (χ0) is 14.8. The summed E-state index contributed by atoms with van der Waals surface area (Å²) in [5.41, 5.74) is 3.40. The molecule has 1 aromatic carbocycles. The van der Waals surface area contributed by atoms with E-state index in [2.05, 4.69) is 54.5 Å². The SMILES string of the molecule is CNC(c1cnn(-c2ccccc2)c1)c1cc(Br)sc1Br. The highest BCUT2D eigenvalue weighted by Crippen LogP contribution is 2.37. The van der Waals surface area contributed by atoms with Gasteiger partial charge in [-0.25, -0.2) is 4.68 Å². The summed E-state index contributed by atoms with van der Waals surface area (Å²) >= 11 is 8.84. The van der Waals surface area contributed by atoms with Gasteiger partial charge in [-0.1, -0.05) is 18.2 Å². The molecule has 6 heteroatoms. The van der Waals surface area contributed by atoms with Gasteiger partial charge in [0.05, 0.1) is 25.5 Å². The normalized spacial score (nSPS) is 12.5. The van der Waals surface area contributed by atoms with Crippen LogP contribution in [0.1, 0.15) is 17.2 Å². The van der Waals surface area contributed by atoms with Crippen molar-refractivity contribution in [2.24, 2.45) is 0 Å². The van der Waals surface area contributed by atoms with Gasteiger partial charge in [-0.2, -0.15) is 5.10 Å². The van der Waals surface area contributed by atoms with Crippen LogP contribution in [0.5, 0.6) is 0 Å². The van der Waals surface area contributed by atoms with Crippen molar-refractivity contribution < 1.29 is 0 Å². The standard InChI is InChI=1S/C15H13Br2N3S/c1-18-14(12-7-13(16)21-15(12)17)10-8-19-20(9-10)11-5-3-2-4-6-11/h2-9,14,18H,1H3. The summed E-state index contributed by atoms with van der Waals surface area (Å²) in [7, 11) is 1.96. The lowest BCUT2D eigenvalue weighted by Crippen LogP contribution is -2.16. The monoisotopic (exact) mass is 425 g/mol. The van der Waals surface area contributed by atoms with Crippen LogP contribution in [0, 0.1) is 0 Å². The predicted octanol–water partition coefficient (Wildman–Crippen LogP) is 4.77. The maximum absolute atomic E-state index is 4.47. The highest BCUT2D eigenvalue weighted by atomic mass is 79.9. The van der Waals surface area contributed by atoms with Crippen molar-refractivity contribution in [2.45, 2.75) is 6.04 Å². The summed E-state index contributed by atoms with van der Waals surface area (Å²) in [6.07, 6.45) is 3.97. The molecule has 0 saturated heterocycles. The molecule has 2 heterocycles. The second-order valence-electron chi connectivity index (χ2n) is 4.56. The molecular formula is C15H13Br2N3S. The van der Waals surface area contributed by atoms with E-state index in [1.807, 2.05) is 48.3 Å². The lowest BCUT2D eigenvalue weighted by molar-refractivity contribution is 0.691. The second kappa shape index (κ2) is 6.44. The summed E-state index contributed by atoms with van der Waals surface area (Å²) in [5.74, 6) is 0. The van der Waals surface area contributed by atoms with Crippen molar-refractivity contribution in [3.8, 4) is 5.69 Å². The molecular weight excluding hydrogens is 414 g/mol. The summed E-state index contributed by atoms with van der Waals surface area (Å²) in [5, 5.41) is 7.83. The third-order valence-electron chi connectivity index (χ3n) is 3.24. The lowest BCUT2D eigenvalue weighted by Gasteiger charge is -2.13. The van der Waals surface area contributed by atoms with Crippen LogP contribution in [-0.2, 0) is 0 Å². The molecule has 1 unspecified atom stereocenters. The molecule has 3 nitrogen and oxygen atoms in total. The van der Waals surface area contributed by atoms with Gasteiger partial charge in [0.2, 0.25) is 0 Å². The zero-order valence-corrected chi connectivity index (χ0v) is 15.2. The molecule has 2 aromatic heterocycles. The summed E-state index contributed by atoms with van der Waals surface area (Å²) in [4.78, 5) is 0. The smallest absolute Gasteiger partial charge is 0.0761 e. The van der Waals surface area contributed by atoms with E-state index in [-0.39, 0.29) is 6.04 Å². The fourth-order valence-corrected chi connectivity index (χ4v) is 5.16. The molecule has 0 aliphatic rings. The molecule has 0 spiro atoms. The highest BCUT2D eigenvalue weighted by molar-refractivity contribution is 9.12. The van der Waals surface area contributed by atoms with Gasteiger partial charge in [0.1, 0.15) is 0 Å². The first-order chi connectivity index (χ1) is 10.2. The Bertz CT molecular complexity index is 736. The van der Waals surface area contributed by atoms with Gasteiger partial charge in [0.25, 0.3) is 0 Å². The first-order valence-corrected chi connectivity index (χ1v) is 8.81. The Balaban J connectivity index is 1.96. The fourth-order valence-electron chi connectivity index (χ4n) is 2.26. The van der Waals surface area contributed by atoms with Crippen LogP contribution in [0.2, 0.25) is 0 Å². The summed E-state index contributed by atoms with van der Waals surface area (Å²) in [6.45, 7) is 0. The number of thiophene rings is 1. The Labute approximate surface area is 144 Å². The van der Waals surface area contributed by atoms with Crippen molar-refractivity contribution >= 4 is 43.2 Å². The van der Waals surface area contributed by atoms with Crippen molar-refractivity contribution in [3.63, 3.8) is 0 Å². The third-order valence-corrected chi connectivity index (χ3v) is 5.63. The number of halogens is 2. The van der Waals surface area contributed by atoms with E-state index in [0.29, 0.717) is 0 Å². The Hall–Kier alpha value is -0.950. The van der Waals surface area contributed by atoms with E-state index in [4.69, 9.17) is 0 Å². The van der Waals surface area contributed by atoms with Crippen molar-refractivity contribution in [3.05, 3.63) is 67.5 Å². The molecule has 3 aromatic rings. The van der Waals surface area contributed by atoms with E-state index in [1.165, 1.54) is 5.56 Å². The molecule has 0 aliphatic carbocycles. The Morgan fingerprint density at radius 3 is 2.62 bits per heavy atom. The van der Waals surface area contributed by atoms with E-state index < -0.39 is 0 Å². The minimum absolute atomic E-state index is 0.111. The Kier molecular flexibility index (Phi) is 4.59. The quantitative estimate of drug-likeness (QED) is 0.651. The molecule has 0 fully saturated rings. The van der Waals surface area contributed by atoms with Gasteiger partial charge in [-0.15, -0.1) is 11.3 Å². The number of nitrogens with zero attached hydrogens (tertiary/aromatic N) is 2. The average molecular weight is 427 g/mol. The van der Waals surface area contributed by atoms with Crippen LogP contribution >= 0.6 is 43.2 Å². The molecule has 3 rings (SSSR count). The first kappa shape index (κ1) is 15.0. The molecule has 0 saturated carbocycles. The van der Waals surface area contributed by atoms with Crippen molar-refractivity contribution in [1.82, 2.24) is 15.1 Å². The van der Waals surface area contributed by atoms with Gasteiger partial charge >= 0.3 is 0 Å². The highest BCUT2D eigenvalue weighted by Gasteiger charge is 2.19. The van der Waals surface area contributed by atoms with Crippen LogP contribution in [0.25, 0.3) is 5.69 Å². The largest absolute Gasteiger partial charge is 0.309 e. The van der Waals surface area contributed by atoms with Crippen LogP contribution in [-0.4, -0.2) is 16.8 Å². The van der Waals surface area contributed by atoms with Gasteiger partial charge < -0.3 is 5.32 Å². The molecule has 0 amide bonds. The van der Waals surface area contributed by atoms with Crippen molar-refractivity contribution in [2.75, 3.05) is 7.05 Å². The molecule has 108 valence electrons. The van der Waals surface area contributed by atoms with Crippen LogP contribution in [0.3, 0.4) is 0 Å². The number of hydrogen-bond acceptors (Lipinski definition) is 3. The molecule has 0 bridgehead atoms. The average Bonchev–Trinajstić information content (AvgIpc) is 3.09. The Morgan fingerprint density at radius 1 is 1.24 bits per heavy atom. The minimum atomic E-state index is 0.111. The van der Waals surface area contributed by atoms with Gasteiger partial charge in [-0.3, -0.25) is 0 Å². The molecule has 0 radical (unpaired) electrons. The van der Waals surface area contributed by atoms with E-state index in [1.54, 1.807) is 11.3 Å². The summed E-state index contributed by atoms with van der Waals surface area (Å²) in [6, 6.07) is 12.4. The van der Waals surface area contributed by atoms with E-state index >= 15 is 0 Å². The molecule has 1 N–H and O–H groups in total. The maximum Gasteiger partial charge on any atom is 0.0761 e. The predicted molar refractivity (Wildman–Crippen MR) is 94.2 cm³/mol. The summed E-state index contributed by atoms with van der Waals surface area (Å²) < 4.78 is 4.14. The molecule has 21 heavy (non-hydrogen) atoms. The Morgan fingerprint density at radius 2 is 2.00 bits per heavy atom. The fraction of sp³-hybridized carbons (Fsp3) is 0.133. The second-order valence-corrected chi connectivity index (χ2v) is 8.30. The zero-order valence-electron chi connectivity index (χ0n) is 11.3. The minimum Gasteiger partial charge on any atom is -0.309 e. The molecule has 0 aliphatic heterocycles. The molecule has 1 atom stereocenters. The third kappa shape index (κ3) is 3.13. The topological polar surface area (TPSA) is 29.9 Å². The van der Waals surface area contributed by atoms with Gasteiger partial charge in [-0.05, 0) is 62.7 Å². The van der Waals surface area contributed by atoms with Gasteiger partial charge in [0, 0.05) is 11.8 Å². The van der Waals surface area contributed by atoms with Crippen LogP contribution in [0.15, 0.2) is 56.4 Å². The number of hydrogen-bond donors (Lipinski definition) is 1. The number of benzene rings is 1. The lowest BCUT2D eigenvalue weighted by atomic mass is 10.1. The number of aromatic nitrogens is 2. The number of para-hydroxylation sites is 1. The van der Waals surface area contributed by atoms with Gasteiger partial charge in [0.15, 0.2) is 0 Å². The van der Waals surface area contributed by atoms with E-state index in [9.17, 15) is 0 Å². The van der Waals surface area contributed by atoms with Crippen LogP contribution < -0.4 is 5.32 Å². The first-order valence-electron chi connectivity index (χ1n) is 6.41. The van der Waals surface area contributed by atoms with E-state index in [0.717, 1.165) is 18.8 Å². The maximum atomic E-state index is 4.47.